The molecule has 4 nitrogen and oxygen atoms in total. The Hall–Kier alpha value is -2.07. The molecule has 0 aliphatic carbocycles. The maximum atomic E-state index is 12.1. The molecule has 0 aliphatic heterocycles. The van der Waals surface area contributed by atoms with Gasteiger partial charge in [0.2, 0.25) is 0 Å². The quantitative estimate of drug-likeness (QED) is 0.892. The number of hydrogen-bond acceptors (Lipinski definition) is 2. The van der Waals surface area contributed by atoms with E-state index >= 15 is 0 Å². The van der Waals surface area contributed by atoms with Gasteiger partial charge < -0.3 is 15.0 Å². The molecule has 0 saturated carbocycles. The van der Waals surface area contributed by atoms with Crippen LogP contribution in [0.3, 0.4) is 0 Å². The van der Waals surface area contributed by atoms with Crippen molar-refractivity contribution < 1.29 is 9.90 Å². The molecule has 2 N–H and O–H groups in total. The van der Waals surface area contributed by atoms with Crippen LogP contribution in [0.15, 0.2) is 30.3 Å². The molecule has 118 valence electrons. The Balaban J connectivity index is 2.35. The van der Waals surface area contributed by atoms with Gasteiger partial charge in [0.05, 0.1) is 12.2 Å². The first-order valence-electron chi connectivity index (χ1n) is 7.64. The number of hydrogen-bond donors (Lipinski definition) is 2. The van der Waals surface area contributed by atoms with Crippen molar-refractivity contribution in [3.05, 3.63) is 52.8 Å². The molecule has 0 saturated heterocycles. The highest BCUT2D eigenvalue weighted by Gasteiger charge is 2.16. The van der Waals surface area contributed by atoms with Gasteiger partial charge in [-0.25, -0.2) is 0 Å². The highest BCUT2D eigenvalue weighted by Crippen LogP contribution is 2.23. The normalized spacial score (nSPS) is 11.0. The molecule has 1 heterocycles. The van der Waals surface area contributed by atoms with Crippen LogP contribution in [0, 0.1) is 13.8 Å². The number of aromatic nitrogens is 1. The molecule has 1 aromatic heterocycles. The summed E-state index contributed by atoms with van der Waals surface area (Å²) in [5.74, 6) is 0.355. The van der Waals surface area contributed by atoms with Crippen molar-refractivity contribution in [2.24, 2.45) is 0 Å². The maximum Gasteiger partial charge on any atom is 0.253 e. The van der Waals surface area contributed by atoms with Crippen molar-refractivity contribution in [1.29, 1.82) is 0 Å². The van der Waals surface area contributed by atoms with Crippen LogP contribution in [0.4, 0.5) is 0 Å². The second-order valence-electron chi connectivity index (χ2n) is 5.85. The average molecular weight is 300 g/mol. The van der Waals surface area contributed by atoms with Crippen LogP contribution >= 0.6 is 0 Å². The fourth-order valence-corrected chi connectivity index (χ4v) is 2.66. The van der Waals surface area contributed by atoms with Gasteiger partial charge in [-0.1, -0.05) is 26.0 Å². The lowest BCUT2D eigenvalue weighted by atomic mass is 10.0. The second-order valence-corrected chi connectivity index (χ2v) is 5.85. The molecule has 4 heteroatoms. The van der Waals surface area contributed by atoms with Gasteiger partial charge in [-0.05, 0) is 43.5 Å². The summed E-state index contributed by atoms with van der Waals surface area (Å²) < 4.78 is 2.08. The van der Waals surface area contributed by atoms with Gasteiger partial charge in [-0.2, -0.15) is 0 Å². The molecule has 2 aromatic rings. The molecule has 22 heavy (non-hydrogen) atoms. The molecule has 0 atom stereocenters. The second kappa shape index (κ2) is 6.79. The number of aryl methyl sites for hydroxylation is 1. The van der Waals surface area contributed by atoms with E-state index in [1.807, 2.05) is 19.9 Å². The van der Waals surface area contributed by atoms with Crippen LogP contribution < -0.4 is 5.32 Å². The predicted octanol–water partition coefficient (Wildman–Crippen LogP) is 2.94. The van der Waals surface area contributed by atoms with Gasteiger partial charge in [0, 0.05) is 23.6 Å². The van der Waals surface area contributed by atoms with Crippen molar-refractivity contribution in [3.8, 4) is 5.69 Å². The summed E-state index contributed by atoms with van der Waals surface area (Å²) in [7, 11) is 0. The van der Waals surface area contributed by atoms with Crippen LogP contribution in [-0.4, -0.2) is 28.7 Å². The third-order valence-corrected chi connectivity index (χ3v) is 3.89. The van der Waals surface area contributed by atoms with E-state index in [1.54, 1.807) is 0 Å². The van der Waals surface area contributed by atoms with Crippen LogP contribution in [-0.2, 0) is 0 Å². The number of nitrogens with one attached hydrogen (secondary N) is 1. The van der Waals surface area contributed by atoms with E-state index in [4.69, 9.17) is 5.11 Å². The molecule has 1 aromatic carbocycles. The van der Waals surface area contributed by atoms with Gasteiger partial charge >= 0.3 is 0 Å². The number of benzene rings is 1. The lowest BCUT2D eigenvalue weighted by Gasteiger charge is -2.12. The van der Waals surface area contributed by atoms with Gasteiger partial charge in [0.1, 0.15) is 0 Å². The summed E-state index contributed by atoms with van der Waals surface area (Å²) in [4.78, 5) is 12.1. The first-order valence-corrected chi connectivity index (χ1v) is 7.64. The summed E-state index contributed by atoms with van der Waals surface area (Å²) >= 11 is 0. The zero-order valence-electron chi connectivity index (χ0n) is 13.7. The van der Waals surface area contributed by atoms with Crippen molar-refractivity contribution >= 4 is 5.91 Å². The summed E-state index contributed by atoms with van der Waals surface area (Å²) in [6, 6.07) is 10.3. The van der Waals surface area contributed by atoms with Gasteiger partial charge in [-0.15, -0.1) is 0 Å². The number of carbonyl (C=O) groups is 1. The fourth-order valence-electron chi connectivity index (χ4n) is 2.66. The van der Waals surface area contributed by atoms with E-state index < -0.39 is 0 Å². The zero-order chi connectivity index (χ0) is 16.3. The lowest BCUT2D eigenvalue weighted by Crippen LogP contribution is -2.26. The van der Waals surface area contributed by atoms with Gasteiger partial charge in [0.15, 0.2) is 0 Å². The third-order valence-electron chi connectivity index (χ3n) is 3.89. The summed E-state index contributed by atoms with van der Waals surface area (Å²) in [5, 5.41) is 11.5. The van der Waals surface area contributed by atoms with Crippen molar-refractivity contribution in [2.75, 3.05) is 13.2 Å². The van der Waals surface area contributed by atoms with E-state index in [2.05, 4.69) is 48.0 Å². The Labute approximate surface area is 131 Å². The van der Waals surface area contributed by atoms with Crippen molar-refractivity contribution in [1.82, 2.24) is 9.88 Å². The van der Waals surface area contributed by atoms with Gasteiger partial charge in [-0.3, -0.25) is 4.79 Å². The maximum absolute atomic E-state index is 12.1. The number of rotatable bonds is 5. The summed E-state index contributed by atoms with van der Waals surface area (Å²) in [5.41, 5.74) is 4.93. The Kier molecular flexibility index (Phi) is 5.03. The van der Waals surface area contributed by atoms with Crippen LogP contribution in [0.25, 0.3) is 5.69 Å². The minimum atomic E-state index is -0.146. The standard InChI is InChI=1S/C18H24N2O2/c1-12(2)15-5-7-16(8-6-15)20-13(3)11-17(14(20)4)18(22)19-9-10-21/h5-8,11-12,21H,9-10H2,1-4H3,(H,19,22). The summed E-state index contributed by atoms with van der Waals surface area (Å²) in [6.07, 6.45) is 0. The topological polar surface area (TPSA) is 54.3 Å². The van der Waals surface area contributed by atoms with E-state index in [-0.39, 0.29) is 19.1 Å². The number of aliphatic hydroxyl groups is 1. The highest BCUT2D eigenvalue weighted by atomic mass is 16.3. The minimum absolute atomic E-state index is 0.0544. The molecule has 0 radical (unpaired) electrons. The molecule has 0 unspecified atom stereocenters. The molecule has 0 aliphatic rings. The number of carbonyl (C=O) groups excluding carboxylic acids is 1. The zero-order valence-corrected chi connectivity index (χ0v) is 13.7. The first kappa shape index (κ1) is 16.3. The van der Waals surface area contributed by atoms with E-state index in [1.165, 1.54) is 5.56 Å². The van der Waals surface area contributed by atoms with Crippen molar-refractivity contribution in [2.45, 2.75) is 33.6 Å². The SMILES string of the molecule is Cc1cc(C(=O)NCCO)c(C)n1-c1ccc(C(C)C)cc1. The van der Waals surface area contributed by atoms with Crippen LogP contribution in [0.2, 0.25) is 0 Å². The largest absolute Gasteiger partial charge is 0.395 e. The first-order chi connectivity index (χ1) is 10.5. The monoisotopic (exact) mass is 300 g/mol. The predicted molar refractivity (Wildman–Crippen MR) is 88.8 cm³/mol. The lowest BCUT2D eigenvalue weighted by molar-refractivity contribution is 0.0944. The smallest absolute Gasteiger partial charge is 0.253 e. The molecule has 0 fully saturated rings. The number of nitrogens with zero attached hydrogens (tertiary/aromatic N) is 1. The molecular weight excluding hydrogens is 276 g/mol. The number of aliphatic hydroxyl groups excluding tert-OH is 1. The highest BCUT2D eigenvalue weighted by molar-refractivity contribution is 5.95. The van der Waals surface area contributed by atoms with E-state index in [0.717, 1.165) is 17.1 Å². The van der Waals surface area contributed by atoms with Crippen molar-refractivity contribution in [3.63, 3.8) is 0 Å². The van der Waals surface area contributed by atoms with Crippen LogP contribution in [0.5, 0.6) is 0 Å². The van der Waals surface area contributed by atoms with E-state index in [9.17, 15) is 4.79 Å². The third kappa shape index (κ3) is 3.22. The Morgan fingerprint density at radius 1 is 1.23 bits per heavy atom. The molecular formula is C18H24N2O2. The Morgan fingerprint density at radius 2 is 1.86 bits per heavy atom. The van der Waals surface area contributed by atoms with E-state index in [0.29, 0.717) is 11.5 Å². The Morgan fingerprint density at radius 3 is 2.41 bits per heavy atom. The molecule has 1 amide bonds. The van der Waals surface area contributed by atoms with Gasteiger partial charge in [0.25, 0.3) is 5.91 Å². The van der Waals surface area contributed by atoms with Crippen LogP contribution in [0.1, 0.15) is 47.1 Å². The fraction of sp³-hybridized carbons (Fsp3) is 0.389. The number of amides is 1. The molecule has 0 spiro atoms. The minimum Gasteiger partial charge on any atom is -0.395 e. The average Bonchev–Trinajstić information content (AvgIpc) is 2.80. The summed E-state index contributed by atoms with van der Waals surface area (Å²) in [6.45, 7) is 8.49. The Bertz CT molecular complexity index is 654. The molecule has 2 rings (SSSR count). The molecule has 0 bridgehead atoms.